The summed E-state index contributed by atoms with van der Waals surface area (Å²) in [6.45, 7) is 0.433. The quantitative estimate of drug-likeness (QED) is 0.872. The largest absolute Gasteiger partial charge is 0.398 e. The second kappa shape index (κ2) is 6.05. The van der Waals surface area contributed by atoms with Gasteiger partial charge in [0, 0.05) is 23.8 Å². The van der Waals surface area contributed by atoms with Crippen LogP contribution in [0.2, 0.25) is 0 Å². The van der Waals surface area contributed by atoms with E-state index >= 15 is 0 Å². The summed E-state index contributed by atoms with van der Waals surface area (Å²) < 4.78 is 14.2. The van der Waals surface area contributed by atoms with Crippen molar-refractivity contribution in [1.82, 2.24) is 4.90 Å². The van der Waals surface area contributed by atoms with Crippen LogP contribution < -0.4 is 5.73 Å². The number of carbonyl (C=O) groups excluding carboxylic acids is 1. The van der Waals surface area contributed by atoms with Gasteiger partial charge in [0.05, 0.1) is 5.56 Å². The van der Waals surface area contributed by atoms with Crippen LogP contribution in [-0.4, -0.2) is 17.9 Å². The van der Waals surface area contributed by atoms with Crippen molar-refractivity contribution in [3.63, 3.8) is 0 Å². The Labute approximate surface area is 125 Å². The monoisotopic (exact) mass is 336 g/mol. The van der Waals surface area contributed by atoms with Gasteiger partial charge in [-0.25, -0.2) is 4.39 Å². The first kappa shape index (κ1) is 14.5. The Morgan fingerprint density at radius 3 is 2.55 bits per heavy atom. The lowest BCUT2D eigenvalue weighted by molar-refractivity contribution is 0.0785. The van der Waals surface area contributed by atoms with Crippen molar-refractivity contribution in [3.8, 4) is 0 Å². The molecule has 0 heterocycles. The minimum Gasteiger partial charge on any atom is -0.398 e. The molecule has 0 spiro atoms. The lowest BCUT2D eigenvalue weighted by Crippen LogP contribution is -2.27. The number of nitrogen functional groups attached to an aromatic ring is 1. The normalized spacial score (nSPS) is 10.3. The summed E-state index contributed by atoms with van der Waals surface area (Å²) in [6, 6.07) is 11.5. The number of amides is 1. The maximum absolute atomic E-state index is 13.2. The SMILES string of the molecule is CN(Cc1ccc(Br)cc1)C(=O)c1cc(F)ccc1N. The molecule has 3 nitrogen and oxygen atoms in total. The number of halogens is 2. The Morgan fingerprint density at radius 2 is 1.90 bits per heavy atom. The summed E-state index contributed by atoms with van der Waals surface area (Å²) in [7, 11) is 1.66. The van der Waals surface area contributed by atoms with Crippen LogP contribution in [-0.2, 0) is 6.54 Å². The summed E-state index contributed by atoms with van der Waals surface area (Å²) in [5.41, 5.74) is 7.17. The molecule has 0 aliphatic carbocycles. The molecular formula is C15H14BrFN2O. The summed E-state index contributed by atoms with van der Waals surface area (Å²) in [5.74, 6) is -0.774. The molecule has 2 rings (SSSR count). The first-order valence-corrected chi connectivity index (χ1v) is 6.81. The highest BCUT2D eigenvalue weighted by Gasteiger charge is 2.15. The van der Waals surface area contributed by atoms with E-state index in [0.29, 0.717) is 6.54 Å². The minimum absolute atomic E-state index is 0.185. The van der Waals surface area contributed by atoms with Gasteiger partial charge in [0.2, 0.25) is 0 Å². The van der Waals surface area contributed by atoms with Gasteiger partial charge in [-0.05, 0) is 35.9 Å². The molecular weight excluding hydrogens is 323 g/mol. The molecule has 0 bridgehead atoms. The van der Waals surface area contributed by atoms with Crippen molar-refractivity contribution < 1.29 is 9.18 Å². The number of anilines is 1. The fourth-order valence-corrected chi connectivity index (χ4v) is 2.12. The highest BCUT2D eigenvalue weighted by atomic mass is 79.9. The van der Waals surface area contributed by atoms with Gasteiger partial charge in [0.15, 0.2) is 0 Å². The average Bonchev–Trinajstić information content (AvgIpc) is 2.43. The van der Waals surface area contributed by atoms with E-state index in [2.05, 4.69) is 15.9 Å². The van der Waals surface area contributed by atoms with Crippen molar-refractivity contribution >= 4 is 27.5 Å². The van der Waals surface area contributed by atoms with Gasteiger partial charge in [-0.15, -0.1) is 0 Å². The van der Waals surface area contributed by atoms with Crippen molar-refractivity contribution in [1.29, 1.82) is 0 Å². The van der Waals surface area contributed by atoms with E-state index in [1.54, 1.807) is 7.05 Å². The predicted octanol–water partition coefficient (Wildman–Crippen LogP) is 3.44. The van der Waals surface area contributed by atoms with Gasteiger partial charge in [-0.3, -0.25) is 4.79 Å². The topological polar surface area (TPSA) is 46.3 Å². The van der Waals surface area contributed by atoms with Crippen LogP contribution in [0.1, 0.15) is 15.9 Å². The van der Waals surface area contributed by atoms with Crippen molar-refractivity contribution in [2.24, 2.45) is 0 Å². The Hall–Kier alpha value is -1.88. The summed E-state index contributed by atoms with van der Waals surface area (Å²) in [4.78, 5) is 13.8. The van der Waals surface area contributed by atoms with Crippen LogP contribution in [0.15, 0.2) is 46.9 Å². The average molecular weight is 337 g/mol. The Balaban J connectivity index is 2.16. The van der Waals surface area contributed by atoms with E-state index < -0.39 is 5.82 Å². The van der Waals surface area contributed by atoms with Crippen LogP contribution in [0.25, 0.3) is 0 Å². The van der Waals surface area contributed by atoms with Crippen LogP contribution in [0.3, 0.4) is 0 Å². The Bertz CT molecular complexity index is 628. The molecule has 1 amide bonds. The van der Waals surface area contributed by atoms with Crippen molar-refractivity contribution in [3.05, 3.63) is 63.9 Å². The molecule has 0 saturated heterocycles. The second-order valence-electron chi connectivity index (χ2n) is 4.52. The van der Waals surface area contributed by atoms with E-state index in [-0.39, 0.29) is 17.2 Å². The molecule has 0 fully saturated rings. The number of nitrogens with two attached hydrogens (primary N) is 1. The molecule has 20 heavy (non-hydrogen) atoms. The van der Waals surface area contributed by atoms with E-state index in [0.717, 1.165) is 16.1 Å². The van der Waals surface area contributed by atoms with Crippen molar-refractivity contribution in [2.45, 2.75) is 6.54 Å². The zero-order chi connectivity index (χ0) is 14.7. The highest BCUT2D eigenvalue weighted by molar-refractivity contribution is 9.10. The molecule has 0 radical (unpaired) electrons. The van der Waals surface area contributed by atoms with Crippen LogP contribution in [0.4, 0.5) is 10.1 Å². The molecule has 2 aromatic rings. The van der Waals surface area contributed by atoms with Crippen LogP contribution >= 0.6 is 15.9 Å². The fraction of sp³-hybridized carbons (Fsp3) is 0.133. The molecule has 2 N–H and O–H groups in total. The summed E-state index contributed by atoms with van der Waals surface area (Å²) >= 11 is 3.36. The molecule has 0 saturated carbocycles. The molecule has 2 aromatic carbocycles. The highest BCUT2D eigenvalue weighted by Crippen LogP contribution is 2.17. The Morgan fingerprint density at radius 1 is 1.25 bits per heavy atom. The van der Waals surface area contributed by atoms with E-state index in [1.807, 2.05) is 24.3 Å². The molecule has 0 unspecified atom stereocenters. The minimum atomic E-state index is -0.473. The van der Waals surface area contributed by atoms with Gasteiger partial charge in [0.25, 0.3) is 5.91 Å². The third-order valence-corrected chi connectivity index (χ3v) is 3.45. The predicted molar refractivity (Wildman–Crippen MR) is 80.8 cm³/mol. The number of benzene rings is 2. The molecule has 0 aliphatic heterocycles. The summed E-state index contributed by atoms with van der Waals surface area (Å²) in [6.07, 6.45) is 0. The van der Waals surface area contributed by atoms with E-state index in [1.165, 1.54) is 17.0 Å². The number of nitrogens with zero attached hydrogens (tertiary/aromatic N) is 1. The molecule has 0 aliphatic rings. The van der Waals surface area contributed by atoms with Gasteiger partial charge >= 0.3 is 0 Å². The number of rotatable bonds is 3. The van der Waals surface area contributed by atoms with E-state index in [9.17, 15) is 9.18 Å². The molecule has 0 atom stereocenters. The summed E-state index contributed by atoms with van der Waals surface area (Å²) in [5, 5.41) is 0. The van der Waals surface area contributed by atoms with Crippen molar-refractivity contribution in [2.75, 3.05) is 12.8 Å². The van der Waals surface area contributed by atoms with Crippen LogP contribution in [0.5, 0.6) is 0 Å². The number of carbonyl (C=O) groups is 1. The molecule has 5 heteroatoms. The third kappa shape index (κ3) is 3.36. The first-order valence-electron chi connectivity index (χ1n) is 6.02. The zero-order valence-electron chi connectivity index (χ0n) is 10.9. The lowest BCUT2D eigenvalue weighted by Gasteiger charge is -2.18. The van der Waals surface area contributed by atoms with Gasteiger partial charge < -0.3 is 10.6 Å². The van der Waals surface area contributed by atoms with E-state index in [4.69, 9.17) is 5.73 Å². The Kier molecular flexibility index (Phi) is 4.39. The lowest BCUT2D eigenvalue weighted by atomic mass is 10.1. The zero-order valence-corrected chi connectivity index (χ0v) is 12.5. The second-order valence-corrected chi connectivity index (χ2v) is 5.43. The van der Waals surface area contributed by atoms with Gasteiger partial charge in [-0.1, -0.05) is 28.1 Å². The van der Waals surface area contributed by atoms with Gasteiger partial charge in [0.1, 0.15) is 5.82 Å². The fourth-order valence-electron chi connectivity index (χ4n) is 1.85. The smallest absolute Gasteiger partial charge is 0.256 e. The molecule has 104 valence electrons. The first-order chi connectivity index (χ1) is 9.47. The van der Waals surface area contributed by atoms with Crippen LogP contribution in [0, 0.1) is 5.82 Å². The molecule has 0 aromatic heterocycles. The number of hydrogen-bond acceptors (Lipinski definition) is 2. The maximum Gasteiger partial charge on any atom is 0.256 e. The standard InChI is InChI=1S/C15H14BrFN2O/c1-19(9-10-2-4-11(16)5-3-10)15(20)13-8-12(17)6-7-14(13)18/h2-8H,9,18H2,1H3. The number of hydrogen-bond donors (Lipinski definition) is 1. The third-order valence-electron chi connectivity index (χ3n) is 2.93. The maximum atomic E-state index is 13.2. The van der Waals surface area contributed by atoms with Gasteiger partial charge in [-0.2, -0.15) is 0 Å².